The van der Waals surface area contributed by atoms with E-state index < -0.39 is 0 Å². The van der Waals surface area contributed by atoms with Gasteiger partial charge in [0.1, 0.15) is 5.76 Å². The van der Waals surface area contributed by atoms with Crippen LogP contribution in [-0.4, -0.2) is 56.0 Å². The average Bonchev–Trinajstić information content (AvgIpc) is 3.51. The fourth-order valence-electron chi connectivity index (χ4n) is 3.62. The number of hydrogen-bond acceptors (Lipinski definition) is 5. The number of guanidine groups is 1. The molecule has 0 saturated carbocycles. The molecule has 3 N–H and O–H groups in total. The van der Waals surface area contributed by atoms with E-state index in [9.17, 15) is 4.79 Å². The first kappa shape index (κ1) is 22.0. The molecule has 164 valence electrons. The molecule has 3 heterocycles. The quantitative estimate of drug-likeness (QED) is 0.314. The van der Waals surface area contributed by atoms with Crippen molar-refractivity contribution < 1.29 is 13.6 Å². The summed E-state index contributed by atoms with van der Waals surface area (Å²) < 4.78 is 10.9. The predicted molar refractivity (Wildman–Crippen MR) is 117 cm³/mol. The number of nitrogens with one attached hydrogen (secondary N) is 3. The molecule has 1 amide bonds. The van der Waals surface area contributed by atoms with Crippen LogP contribution in [-0.2, 0) is 0 Å². The predicted octanol–water partition coefficient (Wildman–Crippen LogP) is 2.69. The first-order chi connectivity index (χ1) is 14.7. The number of rotatable bonds is 10. The molecule has 1 fully saturated rings. The first-order valence-electron chi connectivity index (χ1n) is 10.8. The number of aryl methyl sites for hydroxylation is 1. The minimum absolute atomic E-state index is 0.161. The highest BCUT2D eigenvalue weighted by atomic mass is 16.3. The van der Waals surface area contributed by atoms with Gasteiger partial charge in [-0.25, -0.2) is 0 Å². The van der Waals surface area contributed by atoms with Gasteiger partial charge in [-0.2, -0.15) is 0 Å². The van der Waals surface area contributed by atoms with E-state index in [4.69, 9.17) is 13.8 Å². The minimum atomic E-state index is -0.176. The van der Waals surface area contributed by atoms with E-state index in [1.807, 2.05) is 26.0 Å². The van der Waals surface area contributed by atoms with Crippen molar-refractivity contribution in [2.24, 2.45) is 4.99 Å². The molecule has 8 heteroatoms. The molecule has 1 saturated heterocycles. The molecule has 0 bridgehead atoms. The van der Waals surface area contributed by atoms with Crippen molar-refractivity contribution >= 4 is 11.9 Å². The van der Waals surface area contributed by atoms with E-state index in [-0.39, 0.29) is 11.9 Å². The van der Waals surface area contributed by atoms with E-state index in [0.717, 1.165) is 43.3 Å². The number of nitrogens with zero attached hydrogens (tertiary/aromatic N) is 2. The first-order valence-corrected chi connectivity index (χ1v) is 10.8. The van der Waals surface area contributed by atoms with Gasteiger partial charge in [-0.3, -0.25) is 14.7 Å². The van der Waals surface area contributed by atoms with Crippen LogP contribution in [0, 0.1) is 6.92 Å². The van der Waals surface area contributed by atoms with Crippen LogP contribution in [0.15, 0.2) is 44.6 Å². The van der Waals surface area contributed by atoms with Gasteiger partial charge < -0.3 is 24.8 Å². The number of hydrogen-bond donors (Lipinski definition) is 3. The Kier molecular flexibility index (Phi) is 8.38. The van der Waals surface area contributed by atoms with Crippen molar-refractivity contribution in [3.05, 3.63) is 47.8 Å². The summed E-state index contributed by atoms with van der Waals surface area (Å²) in [7, 11) is 0. The van der Waals surface area contributed by atoms with E-state index in [1.54, 1.807) is 12.3 Å². The van der Waals surface area contributed by atoms with Crippen molar-refractivity contribution in [3.63, 3.8) is 0 Å². The lowest BCUT2D eigenvalue weighted by Crippen LogP contribution is -2.39. The summed E-state index contributed by atoms with van der Waals surface area (Å²) in [5.41, 5.74) is 0.844. The smallest absolute Gasteiger partial charge is 0.287 e. The lowest BCUT2D eigenvalue weighted by molar-refractivity contribution is 0.0925. The molecule has 2 aromatic heterocycles. The van der Waals surface area contributed by atoms with E-state index >= 15 is 0 Å². The number of furan rings is 2. The van der Waals surface area contributed by atoms with Crippen LogP contribution in [0.25, 0.3) is 0 Å². The Bertz CT molecular complexity index is 794. The minimum Gasteiger partial charge on any atom is -0.468 e. The van der Waals surface area contributed by atoms with Gasteiger partial charge in [0.05, 0.1) is 25.1 Å². The zero-order chi connectivity index (χ0) is 21.2. The third-order valence-corrected chi connectivity index (χ3v) is 5.22. The van der Waals surface area contributed by atoms with Gasteiger partial charge in [0.25, 0.3) is 5.91 Å². The highest BCUT2D eigenvalue weighted by molar-refractivity contribution is 5.92. The molecule has 0 spiro atoms. The Morgan fingerprint density at radius 1 is 1.13 bits per heavy atom. The molecule has 0 aliphatic carbocycles. The molecule has 2 aromatic rings. The molecular formula is C22H33N5O3. The molecular weight excluding hydrogens is 382 g/mol. The highest BCUT2D eigenvalue weighted by Gasteiger charge is 2.25. The zero-order valence-corrected chi connectivity index (χ0v) is 17.9. The van der Waals surface area contributed by atoms with Gasteiger partial charge in [-0.15, -0.1) is 0 Å². The Balaban J connectivity index is 1.46. The lowest BCUT2D eigenvalue weighted by atomic mass is 10.2. The highest BCUT2D eigenvalue weighted by Crippen LogP contribution is 2.25. The fourth-order valence-corrected chi connectivity index (χ4v) is 3.62. The molecule has 1 atom stereocenters. The number of carbonyl (C=O) groups is 1. The van der Waals surface area contributed by atoms with Crippen molar-refractivity contribution in [1.29, 1.82) is 0 Å². The normalized spacial score (nSPS) is 15.9. The second-order valence-electron chi connectivity index (χ2n) is 7.46. The van der Waals surface area contributed by atoms with Crippen LogP contribution in [0.3, 0.4) is 0 Å². The van der Waals surface area contributed by atoms with Gasteiger partial charge in [0.2, 0.25) is 0 Å². The van der Waals surface area contributed by atoms with Crippen LogP contribution in [0.2, 0.25) is 0 Å². The van der Waals surface area contributed by atoms with Crippen LogP contribution in [0.1, 0.15) is 54.1 Å². The second-order valence-corrected chi connectivity index (χ2v) is 7.46. The maximum Gasteiger partial charge on any atom is 0.287 e. The van der Waals surface area contributed by atoms with Crippen LogP contribution in [0.4, 0.5) is 0 Å². The molecule has 8 nitrogen and oxygen atoms in total. The molecule has 1 aliphatic heterocycles. The lowest BCUT2D eigenvalue weighted by Gasteiger charge is -2.24. The second kappa shape index (κ2) is 11.4. The summed E-state index contributed by atoms with van der Waals surface area (Å²) in [6.07, 6.45) is 6.49. The number of carbonyl (C=O) groups excluding carboxylic acids is 1. The third kappa shape index (κ3) is 6.13. The van der Waals surface area contributed by atoms with Crippen LogP contribution in [0.5, 0.6) is 0 Å². The largest absolute Gasteiger partial charge is 0.468 e. The monoisotopic (exact) mass is 415 g/mol. The Morgan fingerprint density at radius 2 is 1.93 bits per heavy atom. The summed E-state index contributed by atoms with van der Waals surface area (Å²) >= 11 is 0. The summed E-state index contributed by atoms with van der Waals surface area (Å²) in [6, 6.07) is 5.91. The van der Waals surface area contributed by atoms with E-state index in [0.29, 0.717) is 25.4 Å². The standard InChI is InChI=1S/C22H33N5O3/c1-3-23-22(25-11-7-10-24-21(28)20-17(2)9-15-30-20)26-16-18(19-8-6-14-29-19)27-12-4-5-13-27/h6,8-9,14-15,18H,3-5,7,10-13,16H2,1-2H3,(H,24,28)(H2,23,25,26). The van der Waals surface area contributed by atoms with Gasteiger partial charge >= 0.3 is 0 Å². The fraction of sp³-hybridized carbons (Fsp3) is 0.545. The topological polar surface area (TPSA) is 95.0 Å². The maximum atomic E-state index is 12.1. The van der Waals surface area contributed by atoms with E-state index in [2.05, 4.69) is 20.9 Å². The zero-order valence-electron chi connectivity index (χ0n) is 17.9. The SMILES string of the molecule is CCNC(=NCC(c1ccco1)N1CCCC1)NCCCNC(=O)c1occc1C. The van der Waals surface area contributed by atoms with Crippen LogP contribution < -0.4 is 16.0 Å². The summed E-state index contributed by atoms with van der Waals surface area (Å²) in [4.78, 5) is 19.3. The van der Waals surface area contributed by atoms with Crippen molar-refractivity contribution in [2.45, 2.75) is 39.2 Å². The van der Waals surface area contributed by atoms with Crippen molar-refractivity contribution in [1.82, 2.24) is 20.9 Å². The maximum absolute atomic E-state index is 12.1. The summed E-state index contributed by atoms with van der Waals surface area (Å²) in [5, 5.41) is 9.52. The molecule has 1 aliphatic rings. The van der Waals surface area contributed by atoms with Crippen LogP contribution >= 0.6 is 0 Å². The summed E-state index contributed by atoms with van der Waals surface area (Å²) in [5.74, 6) is 1.95. The summed E-state index contributed by atoms with van der Waals surface area (Å²) in [6.45, 7) is 8.77. The number of likely N-dealkylation sites (tertiary alicyclic amines) is 1. The van der Waals surface area contributed by atoms with Gasteiger partial charge in [0, 0.05) is 25.2 Å². The molecule has 0 aromatic carbocycles. The van der Waals surface area contributed by atoms with Gasteiger partial charge in [-0.05, 0) is 64.4 Å². The van der Waals surface area contributed by atoms with Crippen molar-refractivity contribution in [3.8, 4) is 0 Å². The molecule has 30 heavy (non-hydrogen) atoms. The van der Waals surface area contributed by atoms with Gasteiger partial charge in [0.15, 0.2) is 11.7 Å². The van der Waals surface area contributed by atoms with E-state index in [1.165, 1.54) is 19.1 Å². The Morgan fingerprint density at radius 3 is 2.60 bits per heavy atom. The Labute approximate surface area is 178 Å². The van der Waals surface area contributed by atoms with Crippen molar-refractivity contribution in [2.75, 3.05) is 39.3 Å². The molecule has 3 rings (SSSR count). The Hall–Kier alpha value is -2.74. The number of amides is 1. The third-order valence-electron chi connectivity index (χ3n) is 5.22. The molecule has 1 unspecified atom stereocenters. The average molecular weight is 416 g/mol. The molecule has 0 radical (unpaired) electrons. The van der Waals surface area contributed by atoms with Gasteiger partial charge in [-0.1, -0.05) is 0 Å². The number of aliphatic imine (C=N–C) groups is 1.